The van der Waals surface area contributed by atoms with Crippen molar-refractivity contribution in [3.05, 3.63) is 53.7 Å². The van der Waals surface area contributed by atoms with Crippen LogP contribution in [0.4, 0.5) is 11.4 Å². The number of nitrogens with one attached hydrogen (secondary N) is 2. The second-order valence-electron chi connectivity index (χ2n) is 7.09. The van der Waals surface area contributed by atoms with Gasteiger partial charge in [-0.05, 0) is 49.6 Å². The average molecular weight is 408 g/mol. The number of ether oxygens (including phenoxy) is 2. The number of amides is 1. The van der Waals surface area contributed by atoms with E-state index in [1.54, 1.807) is 23.9 Å². The molecule has 2 heterocycles. The third-order valence-electron chi connectivity index (χ3n) is 5.19. The number of esters is 1. The van der Waals surface area contributed by atoms with Gasteiger partial charge in [-0.1, -0.05) is 12.1 Å². The van der Waals surface area contributed by atoms with Gasteiger partial charge >= 0.3 is 5.97 Å². The van der Waals surface area contributed by atoms with Crippen molar-refractivity contribution in [2.45, 2.75) is 25.5 Å². The van der Waals surface area contributed by atoms with E-state index >= 15 is 0 Å². The summed E-state index contributed by atoms with van der Waals surface area (Å²) in [6.45, 7) is 0.672. The van der Waals surface area contributed by atoms with Gasteiger partial charge in [0, 0.05) is 24.7 Å². The monoisotopic (exact) mass is 408 g/mol. The van der Waals surface area contributed by atoms with Gasteiger partial charge in [0.15, 0.2) is 11.9 Å². The largest absolute Gasteiger partial charge is 0.465 e. The highest BCUT2D eigenvalue weighted by molar-refractivity contribution is 6.05. The predicted octanol–water partition coefficient (Wildman–Crippen LogP) is 3.63. The Balaban J connectivity index is 1.76. The molecule has 0 saturated carbocycles. The van der Waals surface area contributed by atoms with Gasteiger partial charge in [-0.3, -0.25) is 4.79 Å². The Morgan fingerprint density at radius 1 is 1.20 bits per heavy atom. The van der Waals surface area contributed by atoms with Crippen LogP contribution in [0.25, 0.3) is 10.9 Å². The van der Waals surface area contributed by atoms with Crippen LogP contribution in [0, 0.1) is 0 Å². The molecule has 1 aliphatic rings. The summed E-state index contributed by atoms with van der Waals surface area (Å²) in [6.07, 6.45) is 2.70. The zero-order chi connectivity index (χ0) is 21.1. The second kappa shape index (κ2) is 8.54. The summed E-state index contributed by atoms with van der Waals surface area (Å²) in [4.78, 5) is 24.4. The minimum atomic E-state index is -0.415. The SMILES string of the molecule is CNC(=O)c1nn(C2CCCCO2)c2cc(Nc3ccccc3C(=O)OC)ccc12. The Labute approximate surface area is 174 Å². The fourth-order valence-electron chi connectivity index (χ4n) is 3.67. The van der Waals surface area contributed by atoms with Crippen LogP contribution in [0.3, 0.4) is 0 Å². The zero-order valence-electron chi connectivity index (χ0n) is 17.0. The second-order valence-corrected chi connectivity index (χ2v) is 7.09. The molecule has 156 valence electrons. The van der Waals surface area contributed by atoms with Gasteiger partial charge in [0.2, 0.25) is 0 Å². The molecule has 4 rings (SSSR count). The first-order chi connectivity index (χ1) is 14.6. The first kappa shape index (κ1) is 19.9. The molecule has 1 aromatic heterocycles. The summed E-state index contributed by atoms with van der Waals surface area (Å²) in [5.74, 6) is -0.659. The summed E-state index contributed by atoms with van der Waals surface area (Å²) in [6, 6.07) is 12.8. The number of carbonyl (C=O) groups is 2. The Bertz CT molecular complexity index is 1090. The van der Waals surface area contributed by atoms with Crippen molar-refractivity contribution in [1.29, 1.82) is 0 Å². The van der Waals surface area contributed by atoms with Crippen LogP contribution in [-0.4, -0.2) is 42.4 Å². The van der Waals surface area contributed by atoms with E-state index in [2.05, 4.69) is 15.7 Å². The minimum Gasteiger partial charge on any atom is -0.465 e. The Morgan fingerprint density at radius 2 is 2.03 bits per heavy atom. The molecule has 0 aliphatic carbocycles. The standard InChI is InChI=1S/C22H24N4O4/c1-23-21(27)20-16-11-10-14(24-17-8-4-3-7-15(17)22(28)29-2)13-18(16)26(25-20)19-9-5-6-12-30-19/h3-4,7-8,10-11,13,19,24H,5-6,9,12H2,1-2H3,(H,23,27). The molecule has 8 nitrogen and oxygen atoms in total. The van der Waals surface area contributed by atoms with Crippen molar-refractivity contribution < 1.29 is 19.1 Å². The third-order valence-corrected chi connectivity index (χ3v) is 5.19. The van der Waals surface area contributed by atoms with Crippen molar-refractivity contribution >= 4 is 34.2 Å². The molecule has 8 heteroatoms. The highest BCUT2D eigenvalue weighted by Crippen LogP contribution is 2.31. The molecule has 0 radical (unpaired) electrons. The van der Waals surface area contributed by atoms with Crippen LogP contribution >= 0.6 is 0 Å². The molecule has 2 N–H and O–H groups in total. The predicted molar refractivity (Wildman–Crippen MR) is 113 cm³/mol. The number of hydrogen-bond acceptors (Lipinski definition) is 6. The lowest BCUT2D eigenvalue weighted by atomic mass is 10.1. The smallest absolute Gasteiger partial charge is 0.339 e. The molecule has 2 aromatic carbocycles. The van der Waals surface area contributed by atoms with Crippen LogP contribution in [0.1, 0.15) is 46.3 Å². The molecule has 0 spiro atoms. The topological polar surface area (TPSA) is 94.5 Å². The Morgan fingerprint density at radius 3 is 2.77 bits per heavy atom. The molecule has 1 atom stereocenters. The van der Waals surface area contributed by atoms with E-state index < -0.39 is 5.97 Å². The number of fused-ring (bicyclic) bond motifs is 1. The average Bonchev–Trinajstić information content (AvgIpc) is 3.18. The van der Waals surface area contributed by atoms with Crippen molar-refractivity contribution in [3.8, 4) is 0 Å². The lowest BCUT2D eigenvalue weighted by molar-refractivity contribution is -0.0368. The van der Waals surface area contributed by atoms with Crippen molar-refractivity contribution in [1.82, 2.24) is 15.1 Å². The molecule has 3 aromatic rings. The van der Waals surface area contributed by atoms with Crippen molar-refractivity contribution in [2.24, 2.45) is 0 Å². The molecule has 30 heavy (non-hydrogen) atoms. The first-order valence-corrected chi connectivity index (χ1v) is 9.92. The quantitative estimate of drug-likeness (QED) is 0.626. The number of anilines is 2. The maximum Gasteiger partial charge on any atom is 0.339 e. The zero-order valence-corrected chi connectivity index (χ0v) is 17.0. The summed E-state index contributed by atoms with van der Waals surface area (Å²) < 4.78 is 12.6. The highest BCUT2D eigenvalue weighted by Gasteiger charge is 2.24. The van der Waals surface area contributed by atoms with Crippen LogP contribution < -0.4 is 10.6 Å². The van der Waals surface area contributed by atoms with E-state index in [1.807, 2.05) is 30.3 Å². The van der Waals surface area contributed by atoms with Gasteiger partial charge in [-0.2, -0.15) is 5.10 Å². The van der Waals surface area contributed by atoms with Crippen LogP contribution in [-0.2, 0) is 9.47 Å². The van der Waals surface area contributed by atoms with Crippen molar-refractivity contribution in [2.75, 3.05) is 26.1 Å². The van der Waals surface area contributed by atoms with Gasteiger partial charge in [-0.15, -0.1) is 0 Å². The van der Waals surface area contributed by atoms with Crippen molar-refractivity contribution in [3.63, 3.8) is 0 Å². The van der Waals surface area contributed by atoms with Crippen LogP contribution in [0.2, 0.25) is 0 Å². The normalized spacial score (nSPS) is 16.3. The molecule has 1 fully saturated rings. The van der Waals surface area contributed by atoms with E-state index in [1.165, 1.54) is 7.11 Å². The minimum absolute atomic E-state index is 0.211. The molecular weight excluding hydrogens is 384 g/mol. The van der Waals surface area contributed by atoms with E-state index in [4.69, 9.17) is 9.47 Å². The van der Waals surface area contributed by atoms with Crippen LogP contribution in [0.15, 0.2) is 42.5 Å². The fraction of sp³-hybridized carbons (Fsp3) is 0.318. The molecule has 1 aliphatic heterocycles. The van der Waals surface area contributed by atoms with E-state index in [0.29, 0.717) is 23.6 Å². The molecule has 1 unspecified atom stereocenters. The molecule has 1 amide bonds. The maximum absolute atomic E-state index is 12.4. The maximum atomic E-state index is 12.4. The number of hydrogen-bond donors (Lipinski definition) is 2. The lowest BCUT2D eigenvalue weighted by Gasteiger charge is -2.23. The number of benzene rings is 2. The van der Waals surface area contributed by atoms with Gasteiger partial charge in [-0.25, -0.2) is 9.48 Å². The van der Waals surface area contributed by atoms with E-state index in [9.17, 15) is 9.59 Å². The van der Waals surface area contributed by atoms with Gasteiger partial charge in [0.25, 0.3) is 5.91 Å². The summed E-state index contributed by atoms with van der Waals surface area (Å²) in [5.41, 5.74) is 2.99. The lowest BCUT2D eigenvalue weighted by Crippen LogP contribution is -2.21. The van der Waals surface area contributed by atoms with Gasteiger partial charge in [0.05, 0.1) is 23.9 Å². The number of para-hydroxylation sites is 1. The highest BCUT2D eigenvalue weighted by atomic mass is 16.5. The number of methoxy groups -OCH3 is 1. The number of carbonyl (C=O) groups excluding carboxylic acids is 2. The molecular formula is C22H24N4O4. The number of nitrogens with zero attached hydrogens (tertiary/aromatic N) is 2. The summed E-state index contributed by atoms with van der Waals surface area (Å²) in [5, 5.41) is 11.2. The number of rotatable bonds is 5. The van der Waals surface area contributed by atoms with Crippen LogP contribution in [0.5, 0.6) is 0 Å². The Kier molecular flexibility index (Phi) is 5.67. The Hall–Kier alpha value is -3.39. The summed E-state index contributed by atoms with van der Waals surface area (Å²) in [7, 11) is 2.94. The molecule has 1 saturated heterocycles. The first-order valence-electron chi connectivity index (χ1n) is 9.92. The number of aromatic nitrogens is 2. The molecule has 0 bridgehead atoms. The van der Waals surface area contributed by atoms with E-state index in [-0.39, 0.29) is 12.1 Å². The fourth-order valence-corrected chi connectivity index (χ4v) is 3.67. The third kappa shape index (κ3) is 3.73. The van der Waals surface area contributed by atoms with E-state index in [0.717, 1.165) is 35.9 Å². The summed E-state index contributed by atoms with van der Waals surface area (Å²) >= 11 is 0. The van der Waals surface area contributed by atoms with Gasteiger partial charge < -0.3 is 20.1 Å². The van der Waals surface area contributed by atoms with Gasteiger partial charge in [0.1, 0.15) is 0 Å².